The maximum atomic E-state index is 12.2. The van der Waals surface area contributed by atoms with Gasteiger partial charge in [0, 0.05) is 24.8 Å². The van der Waals surface area contributed by atoms with E-state index in [1.54, 1.807) is 0 Å². The Morgan fingerprint density at radius 3 is 3.00 bits per heavy atom. The highest BCUT2D eigenvalue weighted by atomic mass is 19.4. The van der Waals surface area contributed by atoms with E-state index in [-0.39, 0.29) is 11.7 Å². The van der Waals surface area contributed by atoms with E-state index < -0.39 is 12.6 Å². The van der Waals surface area contributed by atoms with Crippen molar-refractivity contribution in [2.45, 2.75) is 25.2 Å². The van der Waals surface area contributed by atoms with Crippen LogP contribution in [0.3, 0.4) is 0 Å². The van der Waals surface area contributed by atoms with Crippen LogP contribution in [0.4, 0.5) is 19.1 Å². The third-order valence-electron chi connectivity index (χ3n) is 2.26. The van der Waals surface area contributed by atoms with E-state index >= 15 is 0 Å². The Kier molecular flexibility index (Phi) is 2.34. The van der Waals surface area contributed by atoms with E-state index in [1.807, 2.05) is 0 Å². The number of nitrogens with one attached hydrogen (secondary N) is 1. The van der Waals surface area contributed by atoms with E-state index in [0.717, 1.165) is 0 Å². The molecule has 0 aromatic carbocycles. The lowest BCUT2D eigenvalue weighted by atomic mass is 10.2. The molecular weight excluding hydrogens is 209 g/mol. The highest BCUT2D eigenvalue weighted by molar-refractivity contribution is 5.32. The Labute approximate surface area is 84.3 Å². The summed E-state index contributed by atoms with van der Waals surface area (Å²) < 4.78 is 38.1. The second-order valence-corrected chi connectivity index (χ2v) is 3.62. The second-order valence-electron chi connectivity index (χ2n) is 3.62. The van der Waals surface area contributed by atoms with Gasteiger partial charge in [-0.15, -0.1) is 0 Å². The van der Waals surface area contributed by atoms with Gasteiger partial charge >= 0.3 is 6.18 Å². The summed E-state index contributed by atoms with van der Waals surface area (Å²) in [4.78, 5) is 3.87. The first-order chi connectivity index (χ1) is 6.96. The summed E-state index contributed by atoms with van der Waals surface area (Å²) in [7, 11) is 0. The van der Waals surface area contributed by atoms with Crippen molar-refractivity contribution in [2.75, 3.05) is 11.9 Å². The summed E-state index contributed by atoms with van der Waals surface area (Å²) in [6, 6.07) is -0.168. The van der Waals surface area contributed by atoms with Crippen molar-refractivity contribution in [3.8, 4) is 0 Å². The number of hydrogen-bond acceptors (Lipinski definition) is 3. The van der Waals surface area contributed by atoms with Gasteiger partial charge in [0.25, 0.3) is 0 Å². The van der Waals surface area contributed by atoms with Crippen LogP contribution in [-0.4, -0.2) is 28.3 Å². The number of nitrogens with two attached hydrogens (primary N) is 1. The minimum absolute atomic E-state index is 0.153. The third-order valence-corrected chi connectivity index (χ3v) is 2.26. The standard InChI is InChI=1S/C8H11F3N4/c9-8(10,11)1-6-3-14-7-13-2-5(12)4-15(6)7/h3,5H,1-2,4,12H2,(H,13,14). The predicted molar refractivity (Wildman–Crippen MR) is 48.5 cm³/mol. The SMILES string of the molecule is NC1CNc2ncc(CC(F)(F)F)n2C1. The van der Waals surface area contributed by atoms with Crippen molar-refractivity contribution in [1.82, 2.24) is 9.55 Å². The first-order valence-corrected chi connectivity index (χ1v) is 4.56. The van der Waals surface area contributed by atoms with E-state index in [2.05, 4.69) is 10.3 Å². The van der Waals surface area contributed by atoms with Crippen LogP contribution >= 0.6 is 0 Å². The van der Waals surface area contributed by atoms with Crippen LogP contribution in [0.5, 0.6) is 0 Å². The fraction of sp³-hybridized carbons (Fsp3) is 0.625. The van der Waals surface area contributed by atoms with Crippen molar-refractivity contribution in [1.29, 1.82) is 0 Å². The van der Waals surface area contributed by atoms with Crippen LogP contribution in [0.25, 0.3) is 0 Å². The zero-order chi connectivity index (χ0) is 11.1. The molecule has 1 aromatic rings. The van der Waals surface area contributed by atoms with Gasteiger partial charge in [0.05, 0.1) is 12.6 Å². The number of anilines is 1. The number of fused-ring (bicyclic) bond motifs is 1. The number of nitrogens with zero attached hydrogens (tertiary/aromatic N) is 2. The monoisotopic (exact) mass is 220 g/mol. The van der Waals surface area contributed by atoms with Crippen molar-refractivity contribution < 1.29 is 13.2 Å². The summed E-state index contributed by atoms with van der Waals surface area (Å²) in [5, 5.41) is 2.88. The summed E-state index contributed by atoms with van der Waals surface area (Å²) in [5.74, 6) is 0.468. The fourth-order valence-corrected chi connectivity index (χ4v) is 1.62. The molecule has 15 heavy (non-hydrogen) atoms. The minimum atomic E-state index is -4.21. The number of hydrogen-bond donors (Lipinski definition) is 2. The molecule has 7 heteroatoms. The molecule has 0 fully saturated rings. The van der Waals surface area contributed by atoms with Gasteiger partial charge in [-0.25, -0.2) is 4.98 Å². The molecule has 0 saturated heterocycles. The summed E-state index contributed by atoms with van der Waals surface area (Å²) in [5.41, 5.74) is 5.80. The molecular formula is C8H11F3N4. The minimum Gasteiger partial charge on any atom is -0.354 e. The molecule has 1 aliphatic rings. The Hall–Kier alpha value is -1.24. The lowest BCUT2D eigenvalue weighted by molar-refractivity contribution is -0.128. The zero-order valence-corrected chi connectivity index (χ0v) is 7.88. The normalized spacial score (nSPS) is 20.9. The zero-order valence-electron chi connectivity index (χ0n) is 7.88. The molecule has 1 aliphatic heterocycles. The maximum Gasteiger partial charge on any atom is 0.394 e. The Balaban J connectivity index is 2.23. The molecule has 0 bridgehead atoms. The Morgan fingerprint density at radius 2 is 2.33 bits per heavy atom. The van der Waals surface area contributed by atoms with Gasteiger partial charge in [0.1, 0.15) is 0 Å². The van der Waals surface area contributed by atoms with Crippen LogP contribution in [0.2, 0.25) is 0 Å². The molecule has 0 spiro atoms. The smallest absolute Gasteiger partial charge is 0.354 e. The first kappa shape index (κ1) is 10.3. The van der Waals surface area contributed by atoms with Crippen LogP contribution in [0.1, 0.15) is 5.69 Å². The topological polar surface area (TPSA) is 55.9 Å². The molecule has 1 unspecified atom stereocenters. The molecule has 0 saturated carbocycles. The lowest BCUT2D eigenvalue weighted by Gasteiger charge is -2.23. The average molecular weight is 220 g/mol. The molecule has 0 amide bonds. The van der Waals surface area contributed by atoms with Gasteiger partial charge in [-0.2, -0.15) is 13.2 Å². The number of rotatable bonds is 1. The van der Waals surface area contributed by atoms with Gasteiger partial charge in [-0.05, 0) is 0 Å². The van der Waals surface area contributed by atoms with Crippen LogP contribution < -0.4 is 11.1 Å². The highest BCUT2D eigenvalue weighted by Gasteiger charge is 2.31. The Bertz CT molecular complexity index is 357. The number of halogens is 3. The summed E-state index contributed by atoms with van der Waals surface area (Å²) in [6.45, 7) is 0.927. The summed E-state index contributed by atoms with van der Waals surface area (Å²) >= 11 is 0. The van der Waals surface area contributed by atoms with Crippen LogP contribution in [0, 0.1) is 0 Å². The third kappa shape index (κ3) is 2.23. The molecule has 0 radical (unpaired) electrons. The second kappa shape index (κ2) is 3.41. The molecule has 1 aromatic heterocycles. The van der Waals surface area contributed by atoms with Crippen molar-refractivity contribution in [2.24, 2.45) is 5.73 Å². The van der Waals surface area contributed by atoms with Gasteiger partial charge in [-0.3, -0.25) is 0 Å². The van der Waals surface area contributed by atoms with E-state index in [9.17, 15) is 13.2 Å². The fourth-order valence-electron chi connectivity index (χ4n) is 1.62. The van der Waals surface area contributed by atoms with Gasteiger partial charge in [0.15, 0.2) is 0 Å². The van der Waals surface area contributed by atoms with Crippen molar-refractivity contribution in [3.63, 3.8) is 0 Å². The van der Waals surface area contributed by atoms with Crippen LogP contribution in [-0.2, 0) is 13.0 Å². The molecule has 84 valence electrons. The molecule has 2 rings (SSSR count). The van der Waals surface area contributed by atoms with E-state index in [0.29, 0.717) is 19.0 Å². The van der Waals surface area contributed by atoms with Gasteiger partial charge in [0.2, 0.25) is 5.95 Å². The quantitative estimate of drug-likeness (QED) is 0.734. The average Bonchev–Trinajstić information content (AvgIpc) is 2.46. The number of aromatic nitrogens is 2. The molecule has 4 nitrogen and oxygen atoms in total. The summed E-state index contributed by atoms with van der Waals surface area (Å²) in [6.07, 6.45) is -3.93. The Morgan fingerprint density at radius 1 is 1.60 bits per heavy atom. The van der Waals surface area contributed by atoms with E-state index in [1.165, 1.54) is 10.8 Å². The predicted octanol–water partition coefficient (Wildman–Crippen LogP) is 0.741. The van der Waals surface area contributed by atoms with Crippen molar-refractivity contribution >= 4 is 5.95 Å². The van der Waals surface area contributed by atoms with Crippen LogP contribution in [0.15, 0.2) is 6.20 Å². The largest absolute Gasteiger partial charge is 0.394 e. The van der Waals surface area contributed by atoms with Gasteiger partial charge in [-0.1, -0.05) is 0 Å². The molecule has 0 aliphatic carbocycles. The van der Waals surface area contributed by atoms with Crippen molar-refractivity contribution in [3.05, 3.63) is 11.9 Å². The first-order valence-electron chi connectivity index (χ1n) is 4.56. The molecule has 2 heterocycles. The lowest BCUT2D eigenvalue weighted by Crippen LogP contribution is -2.39. The molecule has 1 atom stereocenters. The number of alkyl halides is 3. The van der Waals surface area contributed by atoms with Gasteiger partial charge < -0.3 is 15.6 Å². The highest BCUT2D eigenvalue weighted by Crippen LogP contribution is 2.24. The molecule has 3 N–H and O–H groups in total. The maximum absolute atomic E-state index is 12.2. The number of imidazole rings is 1. The van der Waals surface area contributed by atoms with E-state index in [4.69, 9.17) is 5.73 Å².